The van der Waals surface area contributed by atoms with E-state index in [-0.39, 0.29) is 18.8 Å². The zero-order chi connectivity index (χ0) is 22.7. The summed E-state index contributed by atoms with van der Waals surface area (Å²) in [7, 11) is 5.82. The van der Waals surface area contributed by atoms with Crippen LogP contribution in [0.1, 0.15) is 64.7 Å². The third-order valence-corrected chi connectivity index (χ3v) is 4.19. The van der Waals surface area contributed by atoms with Crippen molar-refractivity contribution in [2.45, 2.75) is 70.8 Å². The molecule has 0 saturated carbocycles. The highest BCUT2D eigenvalue weighted by Crippen LogP contribution is 2.07. The van der Waals surface area contributed by atoms with Gasteiger partial charge in [-0.25, -0.2) is 0 Å². The van der Waals surface area contributed by atoms with E-state index in [1.54, 1.807) is 6.08 Å². The molecular weight excluding hydrogens is 378 g/mol. The molecule has 5 heteroatoms. The van der Waals surface area contributed by atoms with E-state index < -0.39 is 12.1 Å². The summed E-state index contributed by atoms with van der Waals surface area (Å²) in [6.07, 6.45) is 23.7. The Labute approximate surface area is 183 Å². The molecule has 0 rings (SSSR count). The monoisotopic (exact) mass is 420 g/mol. The van der Waals surface area contributed by atoms with Crippen molar-refractivity contribution in [3.05, 3.63) is 48.6 Å². The number of allylic oxidation sites excluding steroid dienone is 7. The fourth-order valence-corrected chi connectivity index (χ4v) is 2.81. The Hall–Kier alpha value is -2.14. The number of hydrogen-bond acceptors (Lipinski definition) is 3. The third-order valence-electron chi connectivity index (χ3n) is 4.19. The predicted octanol–water partition coefficient (Wildman–Crippen LogP) is 5.44. The van der Waals surface area contributed by atoms with Gasteiger partial charge in [0.15, 0.2) is 6.10 Å². The van der Waals surface area contributed by atoms with Crippen LogP contribution in [0.15, 0.2) is 48.6 Å². The van der Waals surface area contributed by atoms with Crippen LogP contribution in [-0.4, -0.2) is 55.3 Å². The minimum atomic E-state index is -0.959. The van der Waals surface area contributed by atoms with Crippen LogP contribution in [0.2, 0.25) is 0 Å². The Morgan fingerprint density at radius 2 is 1.40 bits per heavy atom. The summed E-state index contributed by atoms with van der Waals surface area (Å²) in [4.78, 5) is 22.9. The molecule has 0 aromatic rings. The molecule has 0 spiro atoms. The van der Waals surface area contributed by atoms with Crippen molar-refractivity contribution in [3.63, 3.8) is 0 Å². The van der Waals surface area contributed by atoms with Crippen molar-refractivity contribution < 1.29 is 23.9 Å². The Morgan fingerprint density at radius 1 is 0.867 bits per heavy atom. The number of unbranched alkanes of at least 4 members (excludes halogenated alkanes) is 3. The van der Waals surface area contributed by atoms with Crippen LogP contribution in [0.4, 0.5) is 0 Å². The van der Waals surface area contributed by atoms with E-state index in [2.05, 4.69) is 43.4 Å². The fourth-order valence-electron chi connectivity index (χ4n) is 2.81. The maximum absolute atomic E-state index is 11.9. The quantitative estimate of drug-likeness (QED) is 0.147. The first-order valence-electron chi connectivity index (χ1n) is 11.1. The Morgan fingerprint density at radius 3 is 1.90 bits per heavy atom. The molecular formula is C25H42NO4+. The summed E-state index contributed by atoms with van der Waals surface area (Å²) in [5.74, 6) is -1.35. The second-order valence-corrected chi connectivity index (χ2v) is 8.48. The van der Waals surface area contributed by atoms with Gasteiger partial charge < -0.3 is 14.3 Å². The number of quaternary nitrogens is 1. The number of likely N-dealkylation sites (N-methyl/N-ethyl adjacent to an activating group) is 1. The van der Waals surface area contributed by atoms with Crippen molar-refractivity contribution in [1.29, 1.82) is 0 Å². The lowest BCUT2D eigenvalue weighted by atomic mass is 10.2. The number of ether oxygens (including phenoxy) is 1. The second kappa shape index (κ2) is 17.7. The van der Waals surface area contributed by atoms with Crippen molar-refractivity contribution in [2.75, 3.05) is 27.7 Å². The number of carbonyl (C=O) groups is 2. The number of carboxylic acids is 1. The van der Waals surface area contributed by atoms with Gasteiger partial charge in [0, 0.05) is 0 Å². The van der Waals surface area contributed by atoms with E-state index in [1.807, 2.05) is 27.2 Å². The predicted molar refractivity (Wildman–Crippen MR) is 124 cm³/mol. The summed E-state index contributed by atoms with van der Waals surface area (Å²) in [5, 5.41) is 8.98. The minimum absolute atomic E-state index is 0.158. The van der Waals surface area contributed by atoms with Crippen LogP contribution >= 0.6 is 0 Å². The van der Waals surface area contributed by atoms with Gasteiger partial charge in [-0.1, -0.05) is 68.4 Å². The number of esters is 1. The minimum Gasteiger partial charge on any atom is -0.481 e. The molecule has 0 saturated heterocycles. The average molecular weight is 421 g/mol. The largest absolute Gasteiger partial charge is 0.481 e. The molecule has 0 heterocycles. The average Bonchev–Trinajstić information content (AvgIpc) is 2.63. The fraction of sp³-hybridized carbons (Fsp3) is 0.600. The number of carboxylic acid groups (broad SMARTS) is 1. The van der Waals surface area contributed by atoms with Gasteiger partial charge in [-0.2, -0.15) is 0 Å². The Bertz CT molecular complexity index is 582. The van der Waals surface area contributed by atoms with E-state index in [1.165, 1.54) is 25.7 Å². The van der Waals surface area contributed by atoms with Gasteiger partial charge >= 0.3 is 11.9 Å². The second-order valence-electron chi connectivity index (χ2n) is 8.48. The number of carbonyl (C=O) groups excluding carboxylic acids is 1. The Balaban J connectivity index is 3.98. The van der Waals surface area contributed by atoms with Gasteiger partial charge in [0.1, 0.15) is 6.54 Å². The highest BCUT2D eigenvalue weighted by Gasteiger charge is 2.24. The van der Waals surface area contributed by atoms with Gasteiger partial charge in [0.05, 0.1) is 34.0 Å². The maximum atomic E-state index is 11.9. The molecule has 30 heavy (non-hydrogen) atoms. The smallest absolute Gasteiger partial charge is 0.310 e. The van der Waals surface area contributed by atoms with Crippen molar-refractivity contribution in [1.82, 2.24) is 0 Å². The zero-order valence-electron chi connectivity index (χ0n) is 19.4. The molecule has 0 aliphatic rings. The van der Waals surface area contributed by atoms with Gasteiger partial charge in [-0.3, -0.25) is 9.59 Å². The van der Waals surface area contributed by atoms with E-state index in [0.717, 1.165) is 19.3 Å². The molecule has 170 valence electrons. The van der Waals surface area contributed by atoms with Crippen LogP contribution in [0.3, 0.4) is 0 Å². The van der Waals surface area contributed by atoms with Crippen LogP contribution < -0.4 is 0 Å². The van der Waals surface area contributed by atoms with Crippen LogP contribution in [0, 0.1) is 0 Å². The molecule has 5 nitrogen and oxygen atoms in total. The number of nitrogens with zero attached hydrogens (tertiary/aromatic N) is 1. The Kier molecular flexibility index (Phi) is 16.4. The first-order chi connectivity index (χ1) is 14.2. The van der Waals surface area contributed by atoms with E-state index in [0.29, 0.717) is 11.0 Å². The molecule has 0 aromatic heterocycles. The summed E-state index contributed by atoms with van der Waals surface area (Å²) in [6, 6.07) is 0. The first-order valence-corrected chi connectivity index (χ1v) is 11.1. The van der Waals surface area contributed by atoms with Gasteiger partial charge in [-0.15, -0.1) is 0 Å². The molecule has 1 atom stereocenters. The van der Waals surface area contributed by atoms with E-state index >= 15 is 0 Å². The van der Waals surface area contributed by atoms with Gasteiger partial charge in [-0.05, 0) is 32.1 Å². The molecule has 0 bridgehead atoms. The van der Waals surface area contributed by atoms with Crippen molar-refractivity contribution >= 4 is 11.9 Å². The van der Waals surface area contributed by atoms with Gasteiger partial charge in [0.25, 0.3) is 0 Å². The summed E-state index contributed by atoms with van der Waals surface area (Å²) >= 11 is 0. The van der Waals surface area contributed by atoms with Crippen molar-refractivity contribution in [2.24, 2.45) is 0 Å². The summed E-state index contributed by atoms with van der Waals surface area (Å²) in [5.41, 5.74) is 0. The molecule has 0 aromatic carbocycles. The molecule has 0 fully saturated rings. The van der Waals surface area contributed by atoms with Crippen LogP contribution in [0.5, 0.6) is 0 Å². The standard InChI is InChI=1S/C25H41NO4/c1-5-6-7-8-9-10-11-12-13-14-15-16-17-18-19-20-25(29)30-23(21-24(27)28)22-26(2,3)4/h9-10,12-13,15-16,18-19,23H,5-8,11,14,17,20-22H2,1-4H3/p+1/b10-9-,13-12-,16-15-,19-18-/t23-/m1/s1. The van der Waals surface area contributed by atoms with Crippen molar-refractivity contribution in [3.8, 4) is 0 Å². The highest BCUT2D eigenvalue weighted by atomic mass is 16.5. The SMILES string of the molecule is CCCCC/C=C\C/C=C\C/C=C\C/C=C\CC(=O)O[C@H](CC(=O)O)C[N+](C)(C)C. The highest BCUT2D eigenvalue weighted by molar-refractivity contribution is 5.72. The first kappa shape index (κ1) is 27.9. The van der Waals surface area contributed by atoms with E-state index in [9.17, 15) is 9.59 Å². The molecule has 0 unspecified atom stereocenters. The normalized spacial score (nSPS) is 13.7. The molecule has 0 radical (unpaired) electrons. The maximum Gasteiger partial charge on any atom is 0.310 e. The zero-order valence-corrected chi connectivity index (χ0v) is 19.4. The topological polar surface area (TPSA) is 63.6 Å². The van der Waals surface area contributed by atoms with Gasteiger partial charge in [0.2, 0.25) is 0 Å². The molecule has 0 amide bonds. The lowest BCUT2D eigenvalue weighted by Crippen LogP contribution is -2.43. The van der Waals surface area contributed by atoms with Crippen LogP contribution in [-0.2, 0) is 14.3 Å². The number of rotatable bonds is 17. The lowest BCUT2D eigenvalue weighted by Gasteiger charge is -2.28. The van der Waals surface area contributed by atoms with Crippen LogP contribution in [0.25, 0.3) is 0 Å². The third kappa shape index (κ3) is 20.6. The summed E-state index contributed by atoms with van der Waals surface area (Å²) < 4.78 is 5.87. The molecule has 0 aliphatic carbocycles. The number of hydrogen-bond donors (Lipinski definition) is 1. The molecule has 0 aliphatic heterocycles. The number of aliphatic carboxylic acids is 1. The molecule has 1 N–H and O–H groups in total. The lowest BCUT2D eigenvalue weighted by molar-refractivity contribution is -0.873. The van der Waals surface area contributed by atoms with E-state index in [4.69, 9.17) is 9.84 Å². The summed E-state index contributed by atoms with van der Waals surface area (Å²) in [6.45, 7) is 2.68.